The molecule has 27 heavy (non-hydrogen) atoms. The fourth-order valence-corrected chi connectivity index (χ4v) is 2.38. The Morgan fingerprint density at radius 2 is 1.78 bits per heavy atom. The second-order valence-electron chi connectivity index (χ2n) is 5.28. The minimum atomic E-state index is -1.30. The van der Waals surface area contributed by atoms with Gasteiger partial charge in [0, 0.05) is 5.02 Å². The lowest BCUT2D eigenvalue weighted by atomic mass is 10.1. The highest BCUT2D eigenvalue weighted by atomic mass is 35.5. The Morgan fingerprint density at radius 1 is 1.07 bits per heavy atom. The first-order valence-electron chi connectivity index (χ1n) is 7.69. The summed E-state index contributed by atoms with van der Waals surface area (Å²) in [6.45, 7) is 0.905. The third-order valence-corrected chi connectivity index (χ3v) is 3.76. The number of carboxylic acids is 1. The van der Waals surface area contributed by atoms with Crippen LogP contribution in [0.1, 0.15) is 12.5 Å². The van der Waals surface area contributed by atoms with Gasteiger partial charge in [0.15, 0.2) is 6.61 Å². The first-order chi connectivity index (χ1) is 12.8. The van der Waals surface area contributed by atoms with Crippen molar-refractivity contribution in [2.24, 2.45) is 5.10 Å². The number of halogens is 2. The van der Waals surface area contributed by atoms with Gasteiger partial charge >= 0.3 is 0 Å². The lowest BCUT2D eigenvalue weighted by Crippen LogP contribution is -2.28. The molecule has 0 saturated carbocycles. The van der Waals surface area contributed by atoms with Gasteiger partial charge in [-0.15, -0.1) is 0 Å². The smallest absolute Gasteiger partial charge is 0.277 e. The topological polar surface area (TPSA) is 100 Å². The number of hydrogen-bond acceptors (Lipinski definition) is 6. The van der Waals surface area contributed by atoms with E-state index in [1.165, 1.54) is 6.07 Å². The Hall–Kier alpha value is -2.77. The van der Waals surface area contributed by atoms with Crippen LogP contribution in [-0.2, 0) is 9.59 Å². The van der Waals surface area contributed by atoms with Gasteiger partial charge in [-0.1, -0.05) is 23.2 Å². The summed E-state index contributed by atoms with van der Waals surface area (Å²) in [5, 5.41) is 15.1. The van der Waals surface area contributed by atoms with Gasteiger partial charge in [0.2, 0.25) is 0 Å². The van der Waals surface area contributed by atoms with Crippen LogP contribution in [-0.4, -0.2) is 30.8 Å². The number of carbonyl (C=O) groups is 2. The Bertz CT molecular complexity index is 853. The number of hydrazone groups is 1. The van der Waals surface area contributed by atoms with E-state index in [1.54, 1.807) is 43.3 Å². The molecular formula is C18H15Cl2N2O5-. The average Bonchev–Trinajstić information content (AvgIpc) is 2.64. The summed E-state index contributed by atoms with van der Waals surface area (Å²) >= 11 is 11.7. The van der Waals surface area contributed by atoms with Gasteiger partial charge in [0.25, 0.3) is 5.91 Å². The number of aliphatic carboxylic acids is 1. The van der Waals surface area contributed by atoms with E-state index < -0.39 is 18.5 Å². The number of benzene rings is 2. The molecule has 2 aromatic carbocycles. The molecule has 0 heterocycles. The molecule has 0 bridgehead atoms. The number of carboxylic acid groups (broad SMARTS) is 1. The zero-order chi connectivity index (χ0) is 19.8. The van der Waals surface area contributed by atoms with Crippen molar-refractivity contribution in [1.29, 1.82) is 0 Å². The normalized spacial score (nSPS) is 11.0. The van der Waals surface area contributed by atoms with Gasteiger partial charge in [0.1, 0.15) is 18.1 Å². The maximum absolute atomic E-state index is 11.8. The van der Waals surface area contributed by atoms with E-state index in [-0.39, 0.29) is 6.61 Å². The van der Waals surface area contributed by atoms with Crippen LogP contribution in [0.25, 0.3) is 0 Å². The zero-order valence-corrected chi connectivity index (χ0v) is 15.7. The second-order valence-corrected chi connectivity index (χ2v) is 6.12. The Balaban J connectivity index is 1.86. The molecule has 7 nitrogen and oxygen atoms in total. The summed E-state index contributed by atoms with van der Waals surface area (Å²) in [6.07, 6.45) is 0. The van der Waals surface area contributed by atoms with E-state index >= 15 is 0 Å². The van der Waals surface area contributed by atoms with Crippen LogP contribution in [0.2, 0.25) is 10.0 Å². The number of carbonyl (C=O) groups excluding carboxylic acids is 2. The highest BCUT2D eigenvalue weighted by Gasteiger charge is 2.07. The number of ether oxygens (including phenoxy) is 2. The highest BCUT2D eigenvalue weighted by molar-refractivity contribution is 6.35. The summed E-state index contributed by atoms with van der Waals surface area (Å²) in [5.41, 5.74) is 3.64. The number of nitrogens with zero attached hydrogens (tertiary/aromatic N) is 1. The van der Waals surface area contributed by atoms with Crippen molar-refractivity contribution in [3.63, 3.8) is 0 Å². The number of amides is 1. The van der Waals surface area contributed by atoms with E-state index in [1.807, 2.05) is 0 Å². The Morgan fingerprint density at radius 3 is 2.41 bits per heavy atom. The zero-order valence-electron chi connectivity index (χ0n) is 14.2. The van der Waals surface area contributed by atoms with Crippen LogP contribution >= 0.6 is 23.2 Å². The highest BCUT2D eigenvalue weighted by Crippen LogP contribution is 2.27. The lowest BCUT2D eigenvalue weighted by molar-refractivity contribution is -0.307. The molecule has 0 unspecified atom stereocenters. The van der Waals surface area contributed by atoms with Crippen molar-refractivity contribution in [2.45, 2.75) is 6.92 Å². The quantitative estimate of drug-likeness (QED) is 0.530. The molecule has 0 atom stereocenters. The maximum Gasteiger partial charge on any atom is 0.277 e. The van der Waals surface area contributed by atoms with Crippen molar-refractivity contribution in [1.82, 2.24) is 5.43 Å². The standard InChI is InChI=1S/C18H16Cl2N2O5/c1-11(12-2-5-14(6-3-12)26-10-18(24)25)21-22-17(23)9-27-16-7-4-13(19)8-15(16)20/h2-8H,9-10H2,1H3,(H,22,23)(H,24,25)/p-1/b21-11-. The van der Waals surface area contributed by atoms with Crippen LogP contribution in [0.5, 0.6) is 11.5 Å². The Labute approximate surface area is 165 Å². The third kappa shape index (κ3) is 6.80. The van der Waals surface area contributed by atoms with Crippen molar-refractivity contribution in [2.75, 3.05) is 13.2 Å². The molecule has 0 aliphatic rings. The SMILES string of the molecule is C/C(=N/NC(=O)COc1ccc(Cl)cc1Cl)c1ccc(OCC(=O)[O-])cc1. The molecule has 2 rings (SSSR count). The summed E-state index contributed by atoms with van der Waals surface area (Å²) in [5.74, 6) is -1.05. The largest absolute Gasteiger partial charge is 0.546 e. The number of nitrogens with one attached hydrogen (secondary N) is 1. The lowest BCUT2D eigenvalue weighted by Gasteiger charge is -2.08. The average molecular weight is 410 g/mol. The van der Waals surface area contributed by atoms with Crippen LogP contribution in [0, 0.1) is 0 Å². The summed E-state index contributed by atoms with van der Waals surface area (Å²) in [7, 11) is 0. The maximum atomic E-state index is 11.8. The first kappa shape index (κ1) is 20.5. The van der Waals surface area contributed by atoms with Crippen molar-refractivity contribution in [3.05, 3.63) is 58.1 Å². The molecule has 1 amide bonds. The molecule has 2 aromatic rings. The van der Waals surface area contributed by atoms with E-state index in [0.717, 1.165) is 5.56 Å². The number of rotatable bonds is 8. The van der Waals surface area contributed by atoms with Crippen molar-refractivity contribution < 1.29 is 24.2 Å². The molecular weight excluding hydrogens is 395 g/mol. The van der Waals surface area contributed by atoms with Gasteiger partial charge in [0.05, 0.1) is 16.7 Å². The van der Waals surface area contributed by atoms with Gasteiger partial charge in [-0.05, 0) is 55.0 Å². The summed E-state index contributed by atoms with van der Waals surface area (Å²) in [6, 6.07) is 11.2. The third-order valence-electron chi connectivity index (χ3n) is 3.23. The van der Waals surface area contributed by atoms with E-state index in [2.05, 4.69) is 10.5 Å². The molecule has 0 aliphatic heterocycles. The van der Waals surface area contributed by atoms with E-state index in [0.29, 0.717) is 27.3 Å². The van der Waals surface area contributed by atoms with Crippen LogP contribution in [0.3, 0.4) is 0 Å². The van der Waals surface area contributed by atoms with Crippen molar-refractivity contribution >= 4 is 40.8 Å². The molecule has 0 spiro atoms. The molecule has 142 valence electrons. The summed E-state index contributed by atoms with van der Waals surface area (Å²) < 4.78 is 10.3. The van der Waals surface area contributed by atoms with E-state index in [4.69, 9.17) is 32.7 Å². The minimum Gasteiger partial charge on any atom is -0.546 e. The monoisotopic (exact) mass is 409 g/mol. The fraction of sp³-hybridized carbons (Fsp3) is 0.167. The molecule has 0 fully saturated rings. The second kappa shape index (κ2) is 9.80. The predicted molar refractivity (Wildman–Crippen MR) is 99.3 cm³/mol. The van der Waals surface area contributed by atoms with E-state index in [9.17, 15) is 14.7 Å². The Kier molecular flexibility index (Phi) is 7.45. The number of hydrogen-bond donors (Lipinski definition) is 1. The van der Waals surface area contributed by atoms with Gasteiger partial charge in [-0.25, -0.2) is 5.43 Å². The molecule has 0 saturated heterocycles. The van der Waals surface area contributed by atoms with Crippen molar-refractivity contribution in [3.8, 4) is 11.5 Å². The minimum absolute atomic E-state index is 0.270. The molecule has 0 aliphatic carbocycles. The molecule has 1 N–H and O–H groups in total. The molecule has 0 aromatic heterocycles. The van der Waals surface area contributed by atoms with Gasteiger partial charge in [-0.3, -0.25) is 4.79 Å². The molecule has 0 radical (unpaired) electrons. The first-order valence-corrected chi connectivity index (χ1v) is 8.45. The van der Waals surface area contributed by atoms with Crippen LogP contribution in [0.4, 0.5) is 0 Å². The van der Waals surface area contributed by atoms with Crippen LogP contribution < -0.4 is 20.0 Å². The molecule has 9 heteroatoms. The predicted octanol–water partition coefficient (Wildman–Crippen LogP) is 2.04. The van der Waals surface area contributed by atoms with Gasteiger partial charge < -0.3 is 19.4 Å². The van der Waals surface area contributed by atoms with Crippen LogP contribution in [0.15, 0.2) is 47.6 Å². The van der Waals surface area contributed by atoms with Gasteiger partial charge in [-0.2, -0.15) is 5.10 Å². The fourth-order valence-electron chi connectivity index (χ4n) is 1.91. The summed E-state index contributed by atoms with van der Waals surface area (Å²) in [4.78, 5) is 22.2.